The highest BCUT2D eigenvalue weighted by Gasteiger charge is 2.10. The van der Waals surface area contributed by atoms with Crippen LogP contribution in [0.1, 0.15) is 11.3 Å². The first kappa shape index (κ1) is 12.6. The third kappa shape index (κ3) is 3.34. The number of nitrogens with one attached hydrogen (secondary N) is 1. The van der Waals surface area contributed by atoms with E-state index in [1.807, 2.05) is 37.5 Å². The molecule has 2 aromatic heterocycles. The molecule has 18 heavy (non-hydrogen) atoms. The van der Waals surface area contributed by atoms with Crippen molar-refractivity contribution in [1.82, 2.24) is 10.3 Å². The fourth-order valence-electron chi connectivity index (χ4n) is 1.88. The zero-order valence-electron chi connectivity index (χ0n) is 10.7. The molecule has 0 aliphatic rings. The van der Waals surface area contributed by atoms with Gasteiger partial charge in [-0.05, 0) is 31.2 Å². The van der Waals surface area contributed by atoms with E-state index < -0.39 is 0 Å². The summed E-state index contributed by atoms with van der Waals surface area (Å²) < 4.78 is 10.4. The van der Waals surface area contributed by atoms with Crippen molar-refractivity contribution in [3.8, 4) is 5.88 Å². The van der Waals surface area contributed by atoms with Crippen LogP contribution in [0, 0.1) is 0 Å². The third-order valence-electron chi connectivity index (χ3n) is 2.92. The van der Waals surface area contributed by atoms with E-state index in [1.165, 1.54) is 5.56 Å². The van der Waals surface area contributed by atoms with Gasteiger partial charge in [-0.15, -0.1) is 0 Å². The summed E-state index contributed by atoms with van der Waals surface area (Å²) in [6.45, 7) is 0. The van der Waals surface area contributed by atoms with Crippen LogP contribution in [-0.2, 0) is 12.8 Å². The first-order valence-corrected chi connectivity index (χ1v) is 6.00. The highest BCUT2D eigenvalue weighted by Crippen LogP contribution is 2.11. The van der Waals surface area contributed by atoms with Crippen LogP contribution in [0.4, 0.5) is 0 Å². The molecule has 0 aromatic carbocycles. The van der Waals surface area contributed by atoms with Gasteiger partial charge in [0.1, 0.15) is 5.76 Å². The summed E-state index contributed by atoms with van der Waals surface area (Å²) in [6.07, 6.45) is 5.34. The first-order valence-electron chi connectivity index (χ1n) is 6.00. The Balaban J connectivity index is 1.96. The summed E-state index contributed by atoms with van der Waals surface area (Å²) in [5, 5.41) is 3.30. The molecule has 2 heterocycles. The standard InChI is InChI=1S/C14H18N2O2/c1-15-12(9-13-4-3-7-18-13)8-11-5-6-14(17-2)16-10-11/h3-7,10,12,15H,8-9H2,1-2H3. The van der Waals surface area contributed by atoms with Crippen molar-refractivity contribution in [2.24, 2.45) is 0 Å². The number of nitrogens with zero attached hydrogens (tertiary/aromatic N) is 1. The van der Waals surface area contributed by atoms with Crippen molar-refractivity contribution in [3.05, 3.63) is 48.0 Å². The van der Waals surface area contributed by atoms with Gasteiger partial charge in [-0.1, -0.05) is 6.07 Å². The highest BCUT2D eigenvalue weighted by atomic mass is 16.5. The number of aromatic nitrogens is 1. The number of hydrogen-bond acceptors (Lipinski definition) is 4. The van der Waals surface area contributed by atoms with Crippen molar-refractivity contribution < 1.29 is 9.15 Å². The number of hydrogen-bond donors (Lipinski definition) is 1. The summed E-state index contributed by atoms with van der Waals surface area (Å²) in [5.74, 6) is 1.64. The zero-order valence-corrected chi connectivity index (χ0v) is 10.7. The topological polar surface area (TPSA) is 47.3 Å². The lowest BCUT2D eigenvalue weighted by atomic mass is 10.0. The average molecular weight is 246 g/mol. The Morgan fingerprint density at radius 3 is 2.78 bits per heavy atom. The molecule has 0 aliphatic heterocycles. The van der Waals surface area contributed by atoms with Gasteiger partial charge in [0, 0.05) is 24.7 Å². The molecular formula is C14H18N2O2. The Bertz CT molecular complexity index is 451. The predicted octanol–water partition coefficient (Wildman–Crippen LogP) is 2.06. The van der Waals surface area contributed by atoms with E-state index >= 15 is 0 Å². The van der Waals surface area contributed by atoms with Crippen molar-refractivity contribution in [2.45, 2.75) is 18.9 Å². The maximum absolute atomic E-state index is 5.36. The second-order valence-electron chi connectivity index (χ2n) is 4.18. The molecule has 0 amide bonds. The number of ether oxygens (including phenoxy) is 1. The number of pyridine rings is 1. The van der Waals surface area contributed by atoms with Crippen molar-refractivity contribution in [2.75, 3.05) is 14.2 Å². The number of methoxy groups -OCH3 is 1. The molecule has 0 saturated carbocycles. The molecule has 0 saturated heterocycles. The average Bonchev–Trinajstić information content (AvgIpc) is 2.91. The lowest BCUT2D eigenvalue weighted by molar-refractivity contribution is 0.397. The van der Waals surface area contributed by atoms with Crippen LogP contribution in [0.3, 0.4) is 0 Å². The molecule has 2 rings (SSSR count). The van der Waals surface area contributed by atoms with Gasteiger partial charge in [0.05, 0.1) is 13.4 Å². The largest absolute Gasteiger partial charge is 0.481 e. The Kier molecular flexibility index (Phi) is 4.36. The van der Waals surface area contributed by atoms with E-state index in [-0.39, 0.29) is 0 Å². The number of furan rings is 1. The van der Waals surface area contributed by atoms with Crippen molar-refractivity contribution in [1.29, 1.82) is 0 Å². The van der Waals surface area contributed by atoms with E-state index in [2.05, 4.69) is 10.3 Å². The Labute approximate surface area is 107 Å². The van der Waals surface area contributed by atoms with Crippen molar-refractivity contribution in [3.63, 3.8) is 0 Å². The Morgan fingerprint density at radius 1 is 1.33 bits per heavy atom. The van der Waals surface area contributed by atoms with Gasteiger partial charge in [-0.25, -0.2) is 4.98 Å². The summed E-state index contributed by atoms with van der Waals surface area (Å²) in [7, 11) is 3.58. The van der Waals surface area contributed by atoms with Crippen LogP contribution in [0.15, 0.2) is 41.1 Å². The minimum absolute atomic E-state index is 0.339. The first-order chi connectivity index (χ1) is 8.81. The smallest absolute Gasteiger partial charge is 0.212 e. The van der Waals surface area contributed by atoms with Gasteiger partial charge >= 0.3 is 0 Å². The minimum Gasteiger partial charge on any atom is -0.481 e. The van der Waals surface area contributed by atoms with E-state index in [0.717, 1.165) is 18.6 Å². The lowest BCUT2D eigenvalue weighted by Crippen LogP contribution is -2.29. The van der Waals surface area contributed by atoms with Crippen LogP contribution < -0.4 is 10.1 Å². The molecule has 1 N–H and O–H groups in total. The minimum atomic E-state index is 0.339. The molecule has 4 heteroatoms. The molecule has 96 valence electrons. The zero-order chi connectivity index (χ0) is 12.8. The number of likely N-dealkylation sites (N-methyl/N-ethyl adjacent to an activating group) is 1. The van der Waals surface area contributed by atoms with Gasteiger partial charge in [-0.2, -0.15) is 0 Å². The summed E-state index contributed by atoms with van der Waals surface area (Å²) >= 11 is 0. The van der Waals surface area contributed by atoms with E-state index in [4.69, 9.17) is 9.15 Å². The van der Waals surface area contributed by atoms with Crippen LogP contribution in [0.25, 0.3) is 0 Å². The van der Waals surface area contributed by atoms with Gasteiger partial charge in [0.2, 0.25) is 5.88 Å². The molecule has 0 spiro atoms. The maximum Gasteiger partial charge on any atom is 0.212 e. The Morgan fingerprint density at radius 2 is 2.22 bits per heavy atom. The third-order valence-corrected chi connectivity index (χ3v) is 2.92. The molecule has 0 fully saturated rings. The molecule has 0 radical (unpaired) electrons. The maximum atomic E-state index is 5.36. The summed E-state index contributed by atoms with van der Waals surface area (Å²) in [6, 6.07) is 8.17. The monoisotopic (exact) mass is 246 g/mol. The fourth-order valence-corrected chi connectivity index (χ4v) is 1.88. The quantitative estimate of drug-likeness (QED) is 0.847. The molecule has 0 bridgehead atoms. The van der Waals surface area contributed by atoms with E-state index in [0.29, 0.717) is 11.9 Å². The van der Waals surface area contributed by atoms with E-state index in [1.54, 1.807) is 13.4 Å². The van der Waals surface area contributed by atoms with Gasteiger partial charge < -0.3 is 14.5 Å². The van der Waals surface area contributed by atoms with Gasteiger partial charge in [0.15, 0.2) is 0 Å². The molecule has 4 nitrogen and oxygen atoms in total. The second-order valence-corrected chi connectivity index (χ2v) is 4.18. The van der Waals surface area contributed by atoms with E-state index in [9.17, 15) is 0 Å². The number of rotatable bonds is 6. The molecule has 0 aliphatic carbocycles. The molecule has 1 atom stereocenters. The van der Waals surface area contributed by atoms with Gasteiger partial charge in [0.25, 0.3) is 0 Å². The van der Waals surface area contributed by atoms with Crippen molar-refractivity contribution >= 4 is 0 Å². The molecule has 2 aromatic rings. The van der Waals surface area contributed by atoms with Crippen LogP contribution >= 0.6 is 0 Å². The molecular weight excluding hydrogens is 228 g/mol. The SMILES string of the molecule is CNC(Cc1ccc(OC)nc1)Cc1ccco1. The predicted molar refractivity (Wildman–Crippen MR) is 69.8 cm³/mol. The fraction of sp³-hybridized carbons (Fsp3) is 0.357. The second kappa shape index (κ2) is 6.21. The molecule has 1 unspecified atom stereocenters. The Hall–Kier alpha value is -1.81. The van der Waals surface area contributed by atoms with Crippen LogP contribution in [0.5, 0.6) is 5.88 Å². The highest BCUT2D eigenvalue weighted by molar-refractivity contribution is 5.19. The summed E-state index contributed by atoms with van der Waals surface area (Å²) in [4.78, 5) is 4.21. The van der Waals surface area contributed by atoms with Gasteiger partial charge in [-0.3, -0.25) is 0 Å². The van der Waals surface area contributed by atoms with Crippen LogP contribution in [0.2, 0.25) is 0 Å². The van der Waals surface area contributed by atoms with Crippen LogP contribution in [-0.4, -0.2) is 25.2 Å². The lowest BCUT2D eigenvalue weighted by Gasteiger charge is -2.14. The normalized spacial score (nSPS) is 12.3. The summed E-state index contributed by atoms with van der Waals surface area (Å²) in [5.41, 5.74) is 1.18.